The second-order valence-electron chi connectivity index (χ2n) is 5.77. The quantitative estimate of drug-likeness (QED) is 0.602. The molecule has 0 bridgehead atoms. The van der Waals surface area contributed by atoms with Crippen LogP contribution in [0.3, 0.4) is 0 Å². The smallest absolute Gasteiger partial charge is 0.161 e. The summed E-state index contributed by atoms with van der Waals surface area (Å²) < 4.78 is 10.8. The standard InChI is InChI=1S/C20H22N2O2S/c1-23-19-6-5-17(12-20(19)24-2)14-22(15-18-4-3-11-25-18)13-16-7-9-21-10-8-16/h3-12H,13-15H2,1-2H3. The van der Waals surface area contributed by atoms with Gasteiger partial charge >= 0.3 is 0 Å². The fourth-order valence-electron chi connectivity index (χ4n) is 2.77. The Bertz CT molecular complexity index is 776. The lowest BCUT2D eigenvalue weighted by Crippen LogP contribution is -2.22. The molecule has 2 aromatic heterocycles. The molecule has 0 aliphatic carbocycles. The van der Waals surface area contributed by atoms with Crippen LogP contribution >= 0.6 is 11.3 Å². The third kappa shape index (κ3) is 4.81. The third-order valence-electron chi connectivity index (χ3n) is 3.97. The first-order valence-corrected chi connectivity index (χ1v) is 9.01. The Hall–Kier alpha value is -2.37. The molecule has 0 aliphatic heterocycles. The van der Waals surface area contributed by atoms with Gasteiger partial charge in [0.05, 0.1) is 14.2 Å². The van der Waals surface area contributed by atoms with Crippen LogP contribution in [0.5, 0.6) is 11.5 Å². The van der Waals surface area contributed by atoms with E-state index in [1.165, 1.54) is 16.0 Å². The van der Waals surface area contributed by atoms with Crippen molar-refractivity contribution in [2.24, 2.45) is 0 Å². The van der Waals surface area contributed by atoms with Crippen LogP contribution in [-0.4, -0.2) is 24.1 Å². The molecule has 0 spiro atoms. The lowest BCUT2D eigenvalue weighted by molar-refractivity contribution is 0.249. The first-order valence-electron chi connectivity index (χ1n) is 8.13. The Labute approximate surface area is 152 Å². The van der Waals surface area contributed by atoms with Gasteiger partial charge in [-0.25, -0.2) is 0 Å². The van der Waals surface area contributed by atoms with Gasteiger partial charge in [0, 0.05) is 36.9 Å². The van der Waals surface area contributed by atoms with Gasteiger partial charge in [-0.3, -0.25) is 9.88 Å². The Morgan fingerprint density at radius 1 is 0.880 bits per heavy atom. The molecule has 0 radical (unpaired) electrons. The molecule has 0 atom stereocenters. The van der Waals surface area contributed by atoms with Crippen molar-refractivity contribution in [3.8, 4) is 11.5 Å². The summed E-state index contributed by atoms with van der Waals surface area (Å²) in [4.78, 5) is 7.88. The van der Waals surface area contributed by atoms with E-state index in [-0.39, 0.29) is 0 Å². The minimum atomic E-state index is 0.755. The van der Waals surface area contributed by atoms with Crippen LogP contribution < -0.4 is 9.47 Å². The largest absolute Gasteiger partial charge is 0.493 e. The van der Waals surface area contributed by atoms with Gasteiger partial charge in [0.1, 0.15) is 0 Å². The van der Waals surface area contributed by atoms with Gasteiger partial charge in [-0.1, -0.05) is 12.1 Å². The Morgan fingerprint density at radius 2 is 1.64 bits per heavy atom. The van der Waals surface area contributed by atoms with Crippen LogP contribution in [0.4, 0.5) is 0 Å². The zero-order valence-electron chi connectivity index (χ0n) is 14.5. The maximum atomic E-state index is 5.43. The van der Waals surface area contributed by atoms with Crippen molar-refractivity contribution in [2.75, 3.05) is 14.2 Å². The summed E-state index contributed by atoms with van der Waals surface area (Å²) >= 11 is 1.79. The molecule has 4 nitrogen and oxygen atoms in total. The van der Waals surface area contributed by atoms with Crippen molar-refractivity contribution in [1.29, 1.82) is 0 Å². The number of ether oxygens (including phenoxy) is 2. The van der Waals surface area contributed by atoms with Gasteiger partial charge in [-0.05, 0) is 46.8 Å². The molecule has 0 saturated carbocycles. The summed E-state index contributed by atoms with van der Waals surface area (Å²) in [6.07, 6.45) is 3.68. The maximum Gasteiger partial charge on any atom is 0.161 e. The first kappa shape index (κ1) is 17.5. The number of aromatic nitrogens is 1. The zero-order valence-corrected chi connectivity index (χ0v) is 15.3. The van der Waals surface area contributed by atoms with E-state index >= 15 is 0 Å². The van der Waals surface area contributed by atoms with Gasteiger partial charge in [-0.2, -0.15) is 0 Å². The number of pyridine rings is 1. The van der Waals surface area contributed by atoms with E-state index in [9.17, 15) is 0 Å². The molecule has 3 rings (SSSR count). The molecule has 3 aromatic rings. The molecule has 0 saturated heterocycles. The average molecular weight is 354 g/mol. The highest BCUT2D eigenvalue weighted by Gasteiger charge is 2.11. The van der Waals surface area contributed by atoms with Crippen LogP contribution in [0.2, 0.25) is 0 Å². The van der Waals surface area contributed by atoms with Crippen LogP contribution in [0.25, 0.3) is 0 Å². The summed E-state index contributed by atoms with van der Waals surface area (Å²) in [5.41, 5.74) is 2.45. The zero-order chi connectivity index (χ0) is 17.5. The van der Waals surface area contributed by atoms with E-state index in [0.29, 0.717) is 0 Å². The first-order chi connectivity index (χ1) is 12.3. The van der Waals surface area contributed by atoms with E-state index < -0.39 is 0 Å². The molecule has 0 amide bonds. The number of hydrogen-bond acceptors (Lipinski definition) is 5. The second-order valence-corrected chi connectivity index (χ2v) is 6.80. The Balaban J connectivity index is 1.79. The van der Waals surface area contributed by atoms with Crippen molar-refractivity contribution in [3.63, 3.8) is 0 Å². The predicted molar refractivity (Wildman–Crippen MR) is 101 cm³/mol. The minimum absolute atomic E-state index is 0.755. The van der Waals surface area contributed by atoms with E-state index in [0.717, 1.165) is 31.1 Å². The van der Waals surface area contributed by atoms with Gasteiger partial charge in [-0.15, -0.1) is 11.3 Å². The normalized spacial score (nSPS) is 10.8. The van der Waals surface area contributed by atoms with Crippen LogP contribution in [0.1, 0.15) is 16.0 Å². The highest BCUT2D eigenvalue weighted by atomic mass is 32.1. The summed E-state index contributed by atoms with van der Waals surface area (Å²) in [6, 6.07) is 14.5. The van der Waals surface area contributed by atoms with Crippen molar-refractivity contribution in [1.82, 2.24) is 9.88 Å². The second kappa shape index (κ2) is 8.65. The lowest BCUT2D eigenvalue weighted by atomic mass is 10.1. The number of thiophene rings is 1. The highest BCUT2D eigenvalue weighted by Crippen LogP contribution is 2.28. The Morgan fingerprint density at radius 3 is 2.32 bits per heavy atom. The van der Waals surface area contributed by atoms with E-state index in [2.05, 4.69) is 45.6 Å². The van der Waals surface area contributed by atoms with Crippen molar-refractivity contribution < 1.29 is 9.47 Å². The molecule has 2 heterocycles. The molecule has 0 unspecified atom stereocenters. The fourth-order valence-corrected chi connectivity index (χ4v) is 3.52. The van der Waals surface area contributed by atoms with Gasteiger partial charge in [0.15, 0.2) is 11.5 Å². The fraction of sp³-hybridized carbons (Fsp3) is 0.250. The van der Waals surface area contributed by atoms with Gasteiger partial charge in [0.2, 0.25) is 0 Å². The molecule has 25 heavy (non-hydrogen) atoms. The van der Waals surface area contributed by atoms with Crippen LogP contribution in [0, 0.1) is 0 Å². The number of hydrogen-bond donors (Lipinski definition) is 0. The predicted octanol–water partition coefficient (Wildman–Crippen LogP) is 4.36. The maximum absolute atomic E-state index is 5.43. The van der Waals surface area contributed by atoms with Crippen molar-refractivity contribution >= 4 is 11.3 Å². The number of nitrogens with zero attached hydrogens (tertiary/aromatic N) is 2. The highest BCUT2D eigenvalue weighted by molar-refractivity contribution is 7.09. The summed E-state index contributed by atoms with van der Waals surface area (Å²) in [5, 5.41) is 2.12. The molecular formula is C20H22N2O2S. The molecular weight excluding hydrogens is 332 g/mol. The monoisotopic (exact) mass is 354 g/mol. The van der Waals surface area contributed by atoms with Crippen LogP contribution in [-0.2, 0) is 19.6 Å². The molecule has 0 aliphatic rings. The third-order valence-corrected chi connectivity index (χ3v) is 4.83. The molecule has 0 fully saturated rings. The topological polar surface area (TPSA) is 34.6 Å². The van der Waals surface area contributed by atoms with Crippen molar-refractivity contribution in [3.05, 3.63) is 76.2 Å². The molecule has 1 aromatic carbocycles. The average Bonchev–Trinajstić information content (AvgIpc) is 3.15. The van der Waals surface area contributed by atoms with Crippen molar-refractivity contribution in [2.45, 2.75) is 19.6 Å². The number of rotatable bonds is 8. The summed E-state index contributed by atoms with van der Waals surface area (Å²) in [6.45, 7) is 2.61. The van der Waals surface area contributed by atoms with Gasteiger partial charge < -0.3 is 9.47 Å². The minimum Gasteiger partial charge on any atom is -0.493 e. The molecule has 130 valence electrons. The number of benzene rings is 1. The SMILES string of the molecule is COc1ccc(CN(Cc2ccncc2)Cc2cccs2)cc1OC. The Kier molecular flexibility index (Phi) is 6.04. The number of methoxy groups -OCH3 is 2. The molecule has 0 N–H and O–H groups in total. The van der Waals surface area contributed by atoms with E-state index in [1.54, 1.807) is 25.6 Å². The van der Waals surface area contributed by atoms with E-state index in [1.807, 2.05) is 24.5 Å². The molecule has 5 heteroatoms. The van der Waals surface area contributed by atoms with E-state index in [4.69, 9.17) is 9.47 Å². The summed E-state index contributed by atoms with van der Waals surface area (Å²) in [5.74, 6) is 1.52. The van der Waals surface area contributed by atoms with Crippen LogP contribution in [0.15, 0.2) is 60.2 Å². The van der Waals surface area contributed by atoms with Gasteiger partial charge in [0.25, 0.3) is 0 Å². The summed E-state index contributed by atoms with van der Waals surface area (Å²) in [7, 11) is 3.33. The lowest BCUT2D eigenvalue weighted by Gasteiger charge is -2.22.